The monoisotopic (exact) mass is 180 g/mol. The van der Waals surface area contributed by atoms with E-state index < -0.39 is 0 Å². The van der Waals surface area contributed by atoms with Gasteiger partial charge in [-0.05, 0) is 24.7 Å². The first-order valence-electron chi connectivity index (χ1n) is 5.00. The summed E-state index contributed by atoms with van der Waals surface area (Å²) >= 11 is 0. The molecule has 0 aromatic rings. The van der Waals surface area contributed by atoms with Crippen molar-refractivity contribution in [2.45, 2.75) is 53.3 Å². The smallest absolute Gasteiger partial charge is 0.130 e. The molecule has 0 aliphatic heterocycles. The van der Waals surface area contributed by atoms with E-state index >= 15 is 0 Å². The second kappa shape index (κ2) is 4.83. The first kappa shape index (κ1) is 12.7. The van der Waals surface area contributed by atoms with Crippen molar-refractivity contribution in [1.82, 2.24) is 0 Å². The van der Waals surface area contributed by atoms with Gasteiger partial charge < -0.3 is 4.79 Å². The van der Waals surface area contributed by atoms with Gasteiger partial charge in [-0.1, -0.05) is 33.5 Å². The zero-order chi connectivity index (χ0) is 10.6. The van der Waals surface area contributed by atoms with Gasteiger partial charge in [0.2, 0.25) is 0 Å². The molecule has 0 saturated carbocycles. The number of carbonyl (C=O) groups is 1. The number of carbonyl (C=O) groups excluding carboxylic acids is 1. The molecule has 1 nitrogen and oxygen atoms in total. The molecule has 0 saturated heterocycles. The van der Waals surface area contributed by atoms with Gasteiger partial charge in [0, 0.05) is 6.42 Å². The quantitative estimate of drug-likeness (QED) is 0.594. The van der Waals surface area contributed by atoms with Crippen molar-refractivity contribution in [3.05, 3.63) is 0 Å². The highest BCUT2D eigenvalue weighted by molar-refractivity contribution is 6.11. The Labute approximate surface area is 83.7 Å². The van der Waals surface area contributed by atoms with Gasteiger partial charge in [0.05, 0.1) is 7.85 Å². The van der Waals surface area contributed by atoms with Crippen LogP contribution in [0.25, 0.3) is 0 Å². The van der Waals surface area contributed by atoms with Gasteiger partial charge in [-0.3, -0.25) is 0 Å². The Balaban J connectivity index is 4.03. The van der Waals surface area contributed by atoms with Gasteiger partial charge in [-0.2, -0.15) is 0 Å². The summed E-state index contributed by atoms with van der Waals surface area (Å²) in [7, 11) is 5.86. The van der Waals surface area contributed by atoms with Crippen LogP contribution < -0.4 is 0 Å². The fourth-order valence-corrected chi connectivity index (χ4v) is 1.65. The van der Waals surface area contributed by atoms with E-state index in [1.165, 1.54) is 0 Å². The summed E-state index contributed by atoms with van der Waals surface area (Å²) in [6.07, 6.45) is 1.69. The summed E-state index contributed by atoms with van der Waals surface area (Å²) < 4.78 is 0. The normalized spacial score (nSPS) is 16.7. The lowest BCUT2D eigenvalue weighted by Crippen LogP contribution is -2.21. The van der Waals surface area contributed by atoms with E-state index in [2.05, 4.69) is 20.8 Å². The standard InChI is InChI=1S/C11H21BO/c1-8(6-9(2)13)7-11(4,5)10(3)12/h8,10H,6-7H2,1-5H3. The predicted octanol–water partition coefficient (Wildman–Crippen LogP) is 2.99. The number of rotatable bonds is 5. The third kappa shape index (κ3) is 5.12. The van der Waals surface area contributed by atoms with Crippen LogP contribution in [-0.2, 0) is 4.79 Å². The summed E-state index contributed by atoms with van der Waals surface area (Å²) in [4.78, 5) is 10.9. The van der Waals surface area contributed by atoms with E-state index in [1.54, 1.807) is 6.92 Å². The molecule has 0 fully saturated rings. The zero-order valence-corrected chi connectivity index (χ0v) is 9.55. The molecule has 0 rings (SSSR count). The van der Waals surface area contributed by atoms with E-state index in [4.69, 9.17) is 7.85 Å². The molecule has 2 atom stereocenters. The van der Waals surface area contributed by atoms with Crippen LogP contribution in [-0.4, -0.2) is 13.6 Å². The van der Waals surface area contributed by atoms with Crippen molar-refractivity contribution >= 4 is 13.6 Å². The van der Waals surface area contributed by atoms with Crippen LogP contribution in [0.2, 0.25) is 5.82 Å². The lowest BCUT2D eigenvalue weighted by molar-refractivity contribution is -0.117. The highest BCUT2D eigenvalue weighted by atomic mass is 16.1. The molecular formula is C11H21BO. The maximum absolute atomic E-state index is 10.9. The van der Waals surface area contributed by atoms with E-state index in [9.17, 15) is 4.79 Å². The molecule has 0 bridgehead atoms. The molecular weight excluding hydrogens is 159 g/mol. The summed E-state index contributed by atoms with van der Waals surface area (Å²) in [5.41, 5.74) is 0.134. The van der Waals surface area contributed by atoms with Gasteiger partial charge in [0.15, 0.2) is 0 Å². The van der Waals surface area contributed by atoms with Gasteiger partial charge in [-0.15, -0.1) is 0 Å². The summed E-state index contributed by atoms with van der Waals surface area (Å²) in [5, 5.41) is 0. The Hall–Kier alpha value is -0.265. The van der Waals surface area contributed by atoms with Crippen LogP contribution in [0.15, 0.2) is 0 Å². The third-order valence-corrected chi connectivity index (χ3v) is 2.74. The largest absolute Gasteiger partial charge is 0.300 e. The maximum atomic E-state index is 10.9. The van der Waals surface area contributed by atoms with Crippen molar-refractivity contribution in [2.24, 2.45) is 11.3 Å². The van der Waals surface area contributed by atoms with Crippen LogP contribution in [0.4, 0.5) is 0 Å². The van der Waals surface area contributed by atoms with Crippen LogP contribution in [0.5, 0.6) is 0 Å². The Morgan fingerprint density at radius 3 is 2.15 bits per heavy atom. The fraction of sp³-hybridized carbons (Fsp3) is 0.909. The van der Waals surface area contributed by atoms with Crippen molar-refractivity contribution in [3.8, 4) is 0 Å². The second-order valence-electron chi connectivity index (χ2n) is 4.99. The van der Waals surface area contributed by atoms with Crippen molar-refractivity contribution in [2.75, 3.05) is 0 Å². The topological polar surface area (TPSA) is 17.1 Å². The summed E-state index contributed by atoms with van der Waals surface area (Å²) in [5.74, 6) is 0.897. The molecule has 0 aliphatic carbocycles. The van der Waals surface area contributed by atoms with Crippen LogP contribution in [0.1, 0.15) is 47.5 Å². The average molecular weight is 180 g/mol. The van der Waals surface area contributed by atoms with Crippen molar-refractivity contribution in [3.63, 3.8) is 0 Å². The van der Waals surface area contributed by atoms with Gasteiger partial charge in [-0.25, -0.2) is 0 Å². The van der Waals surface area contributed by atoms with Gasteiger partial charge in [0.25, 0.3) is 0 Å². The minimum absolute atomic E-state index is 0.134. The minimum Gasteiger partial charge on any atom is -0.300 e. The van der Waals surface area contributed by atoms with Crippen LogP contribution in [0.3, 0.4) is 0 Å². The molecule has 0 N–H and O–H groups in total. The zero-order valence-electron chi connectivity index (χ0n) is 9.55. The Bertz CT molecular complexity index is 173. The fourth-order valence-electron chi connectivity index (χ4n) is 1.65. The molecule has 2 heteroatoms. The minimum atomic E-state index is 0.134. The number of hydrogen-bond donors (Lipinski definition) is 0. The SMILES string of the molecule is [B]C(C)C(C)(C)CC(C)CC(C)=O. The Morgan fingerprint density at radius 1 is 1.38 bits per heavy atom. The highest BCUT2D eigenvalue weighted by Crippen LogP contribution is 2.36. The summed E-state index contributed by atoms with van der Waals surface area (Å²) in [6.45, 7) is 10.1. The second-order valence-corrected chi connectivity index (χ2v) is 4.99. The number of ketones is 1. The van der Waals surface area contributed by atoms with Crippen LogP contribution in [0, 0.1) is 11.3 Å². The van der Waals surface area contributed by atoms with E-state index in [0.29, 0.717) is 12.3 Å². The molecule has 2 unspecified atom stereocenters. The van der Waals surface area contributed by atoms with Crippen molar-refractivity contribution < 1.29 is 4.79 Å². The first-order chi connectivity index (χ1) is 5.75. The predicted molar refractivity (Wildman–Crippen MR) is 58.0 cm³/mol. The molecule has 0 aliphatic rings. The first-order valence-corrected chi connectivity index (χ1v) is 5.00. The lowest BCUT2D eigenvalue weighted by atomic mass is 9.64. The molecule has 0 spiro atoms. The lowest BCUT2D eigenvalue weighted by Gasteiger charge is -2.32. The van der Waals surface area contributed by atoms with E-state index in [-0.39, 0.29) is 17.0 Å². The maximum Gasteiger partial charge on any atom is 0.130 e. The molecule has 13 heavy (non-hydrogen) atoms. The Kier molecular flexibility index (Phi) is 4.73. The molecule has 74 valence electrons. The average Bonchev–Trinajstić information content (AvgIpc) is 1.82. The Morgan fingerprint density at radius 2 is 1.85 bits per heavy atom. The van der Waals surface area contributed by atoms with E-state index in [1.807, 2.05) is 6.92 Å². The van der Waals surface area contributed by atoms with Crippen molar-refractivity contribution in [1.29, 1.82) is 0 Å². The molecule has 0 aromatic carbocycles. The van der Waals surface area contributed by atoms with Gasteiger partial charge in [0.1, 0.15) is 5.78 Å². The van der Waals surface area contributed by atoms with E-state index in [0.717, 1.165) is 6.42 Å². The number of Topliss-reactive ketones (excluding diaryl/α,β-unsaturated/α-hetero) is 1. The highest BCUT2D eigenvalue weighted by Gasteiger charge is 2.24. The molecule has 0 amide bonds. The number of hydrogen-bond acceptors (Lipinski definition) is 1. The molecule has 0 aromatic heterocycles. The third-order valence-electron chi connectivity index (χ3n) is 2.74. The molecule has 2 radical (unpaired) electrons. The van der Waals surface area contributed by atoms with Gasteiger partial charge >= 0.3 is 0 Å². The summed E-state index contributed by atoms with van der Waals surface area (Å²) in [6, 6.07) is 0. The van der Waals surface area contributed by atoms with Crippen LogP contribution >= 0.6 is 0 Å². The molecule has 0 heterocycles.